The molecular weight excluding hydrogens is 549 g/mol. The number of hydrogen-bond donors (Lipinski definition) is 2. The zero-order valence-corrected chi connectivity index (χ0v) is 26.4. The quantitative estimate of drug-likeness (QED) is 0.182. The first kappa shape index (κ1) is 27.7. The smallest absolute Gasteiger partial charge is 0.0792 e. The van der Waals surface area contributed by atoms with Gasteiger partial charge in [-0.3, -0.25) is 0 Å². The van der Waals surface area contributed by atoms with E-state index in [2.05, 4.69) is 182 Å². The van der Waals surface area contributed by atoms with Crippen LogP contribution in [0.3, 0.4) is 0 Å². The molecule has 0 radical (unpaired) electrons. The molecule has 0 saturated carbocycles. The van der Waals surface area contributed by atoms with Gasteiger partial charge in [-0.05, 0) is 74.3 Å². The molecular formula is C41H36N2Si. The molecule has 2 nitrogen and oxygen atoms in total. The molecule has 0 atom stereocenters. The van der Waals surface area contributed by atoms with Crippen molar-refractivity contribution in [3.8, 4) is 22.3 Å². The molecule has 0 aliphatic rings. The predicted molar refractivity (Wildman–Crippen MR) is 195 cm³/mol. The molecule has 7 aromatic rings. The molecule has 0 aromatic heterocycles. The Kier molecular flexibility index (Phi) is 7.25. The Balaban J connectivity index is 1.54. The molecule has 44 heavy (non-hydrogen) atoms. The molecule has 0 fully saturated rings. The third-order valence-corrected chi connectivity index (χ3v) is 10.4. The number of hydrogen-bond acceptors (Lipinski definition) is 2. The summed E-state index contributed by atoms with van der Waals surface area (Å²) in [6.45, 7) is 7.42. The summed E-state index contributed by atoms with van der Waals surface area (Å²) < 4.78 is 0. The van der Waals surface area contributed by atoms with Gasteiger partial charge in [-0.1, -0.05) is 135 Å². The summed E-state index contributed by atoms with van der Waals surface area (Å²) in [5.41, 5.74) is 9.51. The highest BCUT2D eigenvalue weighted by Gasteiger charge is 2.28. The van der Waals surface area contributed by atoms with E-state index < -0.39 is 8.07 Å². The number of para-hydroxylation sites is 2. The van der Waals surface area contributed by atoms with Crippen LogP contribution in [-0.2, 0) is 0 Å². The second-order valence-corrected chi connectivity index (χ2v) is 17.4. The molecule has 0 unspecified atom stereocenters. The second-order valence-electron chi connectivity index (χ2n) is 12.4. The topological polar surface area (TPSA) is 24.1 Å². The first-order valence-electron chi connectivity index (χ1n) is 15.3. The minimum absolute atomic E-state index is 1.08. The standard InChI is InChI=1S/C41H36N2Si/c1-44(2,3)41-35(39-33-21-12-10-15-29(33)25-27-37(39)42-31-17-6-4-7-18-31)23-14-24-36(41)40-34-22-13-11-16-30(34)26-28-38(40)43-32-19-8-5-9-20-32/h4-28,42-43H,1-3H3. The van der Waals surface area contributed by atoms with E-state index in [-0.39, 0.29) is 0 Å². The number of rotatable bonds is 7. The van der Waals surface area contributed by atoms with Crippen molar-refractivity contribution in [1.29, 1.82) is 0 Å². The summed E-state index contributed by atoms with van der Waals surface area (Å²) in [5, 5.41) is 14.0. The fourth-order valence-electron chi connectivity index (χ4n) is 6.46. The number of anilines is 4. The summed E-state index contributed by atoms with van der Waals surface area (Å²) in [4.78, 5) is 0. The van der Waals surface area contributed by atoms with E-state index in [1.165, 1.54) is 49.0 Å². The van der Waals surface area contributed by atoms with Gasteiger partial charge < -0.3 is 10.6 Å². The van der Waals surface area contributed by atoms with Crippen LogP contribution in [0.1, 0.15) is 0 Å². The van der Waals surface area contributed by atoms with Crippen molar-refractivity contribution in [2.75, 3.05) is 10.6 Å². The van der Waals surface area contributed by atoms with E-state index in [0.29, 0.717) is 0 Å². The molecule has 7 rings (SSSR count). The lowest BCUT2D eigenvalue weighted by Crippen LogP contribution is -2.40. The summed E-state index contributed by atoms with van der Waals surface area (Å²) in [7, 11) is -1.95. The SMILES string of the molecule is C[Si](C)(C)c1c(-c2c(Nc3ccccc3)ccc3ccccc23)cccc1-c1c(Nc2ccccc2)ccc2ccccc12. The number of nitrogens with one attached hydrogen (secondary N) is 2. The molecule has 0 aliphatic carbocycles. The molecule has 0 heterocycles. The van der Waals surface area contributed by atoms with Gasteiger partial charge in [-0.2, -0.15) is 0 Å². The van der Waals surface area contributed by atoms with Crippen LogP contribution in [0.5, 0.6) is 0 Å². The van der Waals surface area contributed by atoms with Crippen molar-refractivity contribution in [3.63, 3.8) is 0 Å². The lowest BCUT2D eigenvalue weighted by molar-refractivity contribution is 1.54. The van der Waals surface area contributed by atoms with Gasteiger partial charge in [0.1, 0.15) is 0 Å². The highest BCUT2D eigenvalue weighted by molar-refractivity contribution is 6.90. The Morgan fingerprint density at radius 2 is 0.795 bits per heavy atom. The first-order valence-corrected chi connectivity index (χ1v) is 18.8. The maximum Gasteiger partial charge on any atom is 0.0792 e. The summed E-state index contributed by atoms with van der Waals surface area (Å²) in [6, 6.07) is 54.4. The Labute approximate surface area is 261 Å². The summed E-state index contributed by atoms with van der Waals surface area (Å²) in [6.07, 6.45) is 0. The normalized spacial score (nSPS) is 11.5. The minimum Gasteiger partial charge on any atom is -0.355 e. The molecule has 0 bridgehead atoms. The molecule has 0 amide bonds. The zero-order valence-electron chi connectivity index (χ0n) is 25.4. The summed E-state index contributed by atoms with van der Waals surface area (Å²) in [5.74, 6) is 0. The van der Waals surface area contributed by atoms with Crippen LogP contribution < -0.4 is 15.8 Å². The van der Waals surface area contributed by atoms with E-state index in [1.807, 2.05) is 0 Å². The minimum atomic E-state index is -1.95. The van der Waals surface area contributed by atoms with Crippen LogP contribution in [0.25, 0.3) is 43.8 Å². The van der Waals surface area contributed by atoms with Crippen LogP contribution in [-0.4, -0.2) is 8.07 Å². The van der Waals surface area contributed by atoms with Crippen LogP contribution in [0.4, 0.5) is 22.7 Å². The van der Waals surface area contributed by atoms with E-state index >= 15 is 0 Å². The second kappa shape index (κ2) is 11.5. The lowest BCUT2D eigenvalue weighted by atomic mass is 9.91. The highest BCUT2D eigenvalue weighted by atomic mass is 28.3. The molecule has 2 N–H and O–H groups in total. The maximum atomic E-state index is 3.78. The van der Waals surface area contributed by atoms with Crippen molar-refractivity contribution in [2.24, 2.45) is 0 Å². The van der Waals surface area contributed by atoms with Crippen LogP contribution >= 0.6 is 0 Å². The Bertz CT molecular complexity index is 1950. The van der Waals surface area contributed by atoms with Crippen LogP contribution in [0, 0.1) is 0 Å². The largest absolute Gasteiger partial charge is 0.355 e. The highest BCUT2D eigenvalue weighted by Crippen LogP contribution is 2.42. The van der Waals surface area contributed by atoms with E-state index in [4.69, 9.17) is 0 Å². The van der Waals surface area contributed by atoms with Crippen molar-refractivity contribution >= 4 is 57.6 Å². The average molecular weight is 585 g/mol. The van der Waals surface area contributed by atoms with Crippen molar-refractivity contribution in [1.82, 2.24) is 0 Å². The van der Waals surface area contributed by atoms with E-state index in [0.717, 1.165) is 22.7 Å². The molecule has 214 valence electrons. The maximum absolute atomic E-state index is 3.78. The lowest BCUT2D eigenvalue weighted by Gasteiger charge is -2.28. The van der Waals surface area contributed by atoms with Gasteiger partial charge in [-0.15, -0.1) is 0 Å². The van der Waals surface area contributed by atoms with Gasteiger partial charge in [0.2, 0.25) is 0 Å². The van der Waals surface area contributed by atoms with Gasteiger partial charge in [0, 0.05) is 33.9 Å². The fourth-order valence-corrected chi connectivity index (χ4v) is 8.50. The van der Waals surface area contributed by atoms with Crippen LogP contribution in [0.2, 0.25) is 19.6 Å². The Morgan fingerprint density at radius 3 is 1.23 bits per heavy atom. The molecule has 0 spiro atoms. The zero-order chi connectivity index (χ0) is 30.1. The molecule has 7 aromatic carbocycles. The Morgan fingerprint density at radius 1 is 0.386 bits per heavy atom. The monoisotopic (exact) mass is 584 g/mol. The Hall–Kier alpha value is -5.12. The van der Waals surface area contributed by atoms with Gasteiger partial charge in [-0.25, -0.2) is 0 Å². The average Bonchev–Trinajstić information content (AvgIpc) is 3.05. The van der Waals surface area contributed by atoms with Gasteiger partial charge >= 0.3 is 0 Å². The summed E-state index contributed by atoms with van der Waals surface area (Å²) >= 11 is 0. The fraction of sp³-hybridized carbons (Fsp3) is 0.0732. The number of fused-ring (bicyclic) bond motifs is 2. The van der Waals surface area contributed by atoms with E-state index in [9.17, 15) is 0 Å². The van der Waals surface area contributed by atoms with Gasteiger partial charge in [0.25, 0.3) is 0 Å². The first-order chi connectivity index (χ1) is 21.5. The van der Waals surface area contributed by atoms with E-state index in [1.54, 1.807) is 0 Å². The van der Waals surface area contributed by atoms with Crippen molar-refractivity contribution < 1.29 is 0 Å². The molecule has 3 heteroatoms. The molecule has 0 saturated heterocycles. The van der Waals surface area contributed by atoms with Crippen molar-refractivity contribution in [3.05, 3.63) is 152 Å². The van der Waals surface area contributed by atoms with Gasteiger partial charge in [0.05, 0.1) is 8.07 Å². The predicted octanol–water partition coefficient (Wildman–Crippen LogP) is 11.4. The third-order valence-electron chi connectivity index (χ3n) is 8.32. The number of benzene rings is 7. The van der Waals surface area contributed by atoms with Crippen LogP contribution in [0.15, 0.2) is 152 Å². The third kappa shape index (κ3) is 5.27. The van der Waals surface area contributed by atoms with Crippen molar-refractivity contribution in [2.45, 2.75) is 19.6 Å². The molecule has 0 aliphatic heterocycles. The van der Waals surface area contributed by atoms with Gasteiger partial charge in [0.15, 0.2) is 0 Å².